The number of urea groups is 1. The smallest absolute Gasteiger partial charge is 0.339 e. The standard InChI is InChI=1S/C33H33FN6O4/c1-42-31-19-26-28(20-32(31)43-17-7-16-40-14-5-2-6-15-40)36-13-12-29(26)44-30-11-10-25(18-27(30)34)38-33(41)39-37-22-24-9-4-3-8-23(24)21-35/h3-4,8-13,18-20,22H,2,5-7,14-17H2,1H3,(H2,38,39,41)/b37-22+. The lowest BCUT2D eigenvalue weighted by Crippen LogP contribution is -2.31. The highest BCUT2D eigenvalue weighted by Crippen LogP contribution is 2.38. The van der Waals surface area contributed by atoms with Crippen molar-refractivity contribution < 1.29 is 23.4 Å². The van der Waals surface area contributed by atoms with Crippen LogP contribution in [0.25, 0.3) is 10.9 Å². The van der Waals surface area contributed by atoms with Gasteiger partial charge < -0.3 is 24.4 Å². The maximum atomic E-state index is 15.0. The number of nitriles is 1. The second kappa shape index (κ2) is 14.8. The van der Waals surface area contributed by atoms with Crippen molar-refractivity contribution in [3.8, 4) is 29.1 Å². The number of amides is 2. The van der Waals surface area contributed by atoms with Gasteiger partial charge in [-0.2, -0.15) is 10.4 Å². The van der Waals surface area contributed by atoms with Crippen LogP contribution in [0.1, 0.15) is 36.8 Å². The van der Waals surface area contributed by atoms with Crippen LogP contribution in [0.5, 0.6) is 23.0 Å². The number of ether oxygens (including phenoxy) is 3. The molecule has 4 aromatic rings. The topological polar surface area (TPSA) is 121 Å². The number of benzene rings is 3. The van der Waals surface area contributed by atoms with E-state index in [1.807, 2.05) is 6.07 Å². The minimum absolute atomic E-state index is 0.0356. The van der Waals surface area contributed by atoms with Crippen LogP contribution in [-0.2, 0) is 0 Å². The number of nitrogens with one attached hydrogen (secondary N) is 2. The van der Waals surface area contributed by atoms with Gasteiger partial charge in [0, 0.05) is 41.5 Å². The first-order chi connectivity index (χ1) is 21.5. The Hall–Kier alpha value is -5.21. The molecule has 44 heavy (non-hydrogen) atoms. The Morgan fingerprint density at radius 3 is 2.70 bits per heavy atom. The monoisotopic (exact) mass is 596 g/mol. The summed E-state index contributed by atoms with van der Waals surface area (Å²) in [6.07, 6.45) is 7.68. The Morgan fingerprint density at radius 2 is 1.91 bits per heavy atom. The molecule has 1 aromatic heterocycles. The first-order valence-corrected chi connectivity index (χ1v) is 14.4. The molecule has 1 saturated heterocycles. The molecule has 0 unspecified atom stereocenters. The number of aromatic nitrogens is 1. The number of nitrogens with zero attached hydrogens (tertiary/aromatic N) is 4. The van der Waals surface area contributed by atoms with Crippen LogP contribution in [0.4, 0.5) is 14.9 Å². The summed E-state index contributed by atoms with van der Waals surface area (Å²) < 4.78 is 32.6. The van der Waals surface area contributed by atoms with Crippen LogP contribution in [0, 0.1) is 17.1 Å². The largest absolute Gasteiger partial charge is 0.493 e. The zero-order chi connectivity index (χ0) is 30.7. The summed E-state index contributed by atoms with van der Waals surface area (Å²) >= 11 is 0. The predicted molar refractivity (Wildman–Crippen MR) is 166 cm³/mol. The van der Waals surface area contributed by atoms with Crippen LogP contribution in [0.2, 0.25) is 0 Å². The molecule has 0 spiro atoms. The number of fused-ring (bicyclic) bond motifs is 1. The number of carbonyl (C=O) groups is 1. The molecule has 2 heterocycles. The number of carbonyl (C=O) groups excluding carboxylic acids is 1. The number of pyridine rings is 1. The summed E-state index contributed by atoms with van der Waals surface area (Å²) in [7, 11) is 1.57. The van der Waals surface area contributed by atoms with Crippen molar-refractivity contribution in [3.05, 3.63) is 83.8 Å². The molecule has 1 aliphatic rings. The fraction of sp³-hybridized carbons (Fsp3) is 0.273. The van der Waals surface area contributed by atoms with Gasteiger partial charge in [0.25, 0.3) is 0 Å². The second-order valence-corrected chi connectivity index (χ2v) is 10.2. The van der Waals surface area contributed by atoms with Gasteiger partial charge in [-0.1, -0.05) is 24.6 Å². The first-order valence-electron chi connectivity index (χ1n) is 14.4. The Morgan fingerprint density at radius 1 is 1.07 bits per heavy atom. The van der Waals surface area contributed by atoms with Crippen LogP contribution < -0.4 is 25.0 Å². The molecule has 1 fully saturated rings. The number of likely N-dealkylation sites (tertiary alicyclic amines) is 1. The molecule has 2 amide bonds. The molecule has 11 heteroatoms. The molecule has 0 aliphatic carbocycles. The van der Waals surface area contributed by atoms with Crippen molar-refractivity contribution in [3.63, 3.8) is 0 Å². The van der Waals surface area contributed by atoms with E-state index in [-0.39, 0.29) is 11.4 Å². The van der Waals surface area contributed by atoms with Crippen molar-refractivity contribution in [2.24, 2.45) is 5.10 Å². The van der Waals surface area contributed by atoms with Gasteiger partial charge in [-0.05, 0) is 62.7 Å². The third-order valence-electron chi connectivity index (χ3n) is 7.17. The Balaban J connectivity index is 1.21. The Kier molecular flexibility index (Phi) is 10.2. The van der Waals surface area contributed by atoms with Crippen LogP contribution in [0.15, 0.2) is 72.0 Å². The summed E-state index contributed by atoms with van der Waals surface area (Å²) in [4.78, 5) is 19.2. The fourth-order valence-electron chi connectivity index (χ4n) is 4.95. The molecule has 3 aromatic carbocycles. The summed E-state index contributed by atoms with van der Waals surface area (Å²) in [5.74, 6) is 0.778. The molecule has 5 rings (SSSR count). The summed E-state index contributed by atoms with van der Waals surface area (Å²) in [5.41, 5.74) is 4.08. The van der Waals surface area contributed by atoms with E-state index in [4.69, 9.17) is 19.5 Å². The van der Waals surface area contributed by atoms with Crippen molar-refractivity contribution in [1.82, 2.24) is 15.3 Å². The highest BCUT2D eigenvalue weighted by atomic mass is 19.1. The van der Waals surface area contributed by atoms with Gasteiger partial charge in [-0.3, -0.25) is 4.98 Å². The molecule has 0 saturated carbocycles. The maximum absolute atomic E-state index is 15.0. The quantitative estimate of drug-likeness (QED) is 0.116. The van der Waals surface area contributed by atoms with Crippen LogP contribution in [-0.4, -0.2) is 55.5 Å². The summed E-state index contributed by atoms with van der Waals surface area (Å²) in [6, 6.07) is 17.5. The van der Waals surface area contributed by atoms with Gasteiger partial charge in [0.15, 0.2) is 23.1 Å². The molecule has 0 atom stereocenters. The third-order valence-corrected chi connectivity index (χ3v) is 7.17. The van der Waals surface area contributed by atoms with Gasteiger partial charge in [0.05, 0.1) is 37.1 Å². The minimum Gasteiger partial charge on any atom is -0.493 e. The number of hydrogen-bond donors (Lipinski definition) is 2. The van der Waals surface area contributed by atoms with Crippen LogP contribution in [0.3, 0.4) is 0 Å². The SMILES string of the molecule is COc1cc2c(Oc3ccc(NC(=O)N/N=C/c4ccccc4C#N)cc3F)ccnc2cc1OCCCN1CCCCC1. The molecule has 0 radical (unpaired) electrons. The van der Waals surface area contributed by atoms with Gasteiger partial charge in [-0.15, -0.1) is 0 Å². The molecule has 1 aliphatic heterocycles. The average Bonchev–Trinajstić information content (AvgIpc) is 3.04. The third kappa shape index (κ3) is 7.79. The Bertz CT molecular complexity index is 1680. The number of halogens is 1. The zero-order valence-corrected chi connectivity index (χ0v) is 24.4. The van der Waals surface area contributed by atoms with Gasteiger partial charge in [-0.25, -0.2) is 14.6 Å². The maximum Gasteiger partial charge on any atom is 0.339 e. The van der Waals surface area contributed by atoms with Crippen LogP contribution >= 0.6 is 0 Å². The van der Waals surface area contributed by atoms with Gasteiger partial charge in [0.1, 0.15) is 5.75 Å². The molecular formula is C33H33FN6O4. The lowest BCUT2D eigenvalue weighted by Gasteiger charge is -2.26. The van der Waals surface area contributed by atoms with E-state index in [9.17, 15) is 4.79 Å². The van der Waals surface area contributed by atoms with E-state index in [0.29, 0.717) is 45.9 Å². The number of anilines is 1. The fourth-order valence-corrected chi connectivity index (χ4v) is 4.95. The van der Waals surface area contributed by atoms with E-state index in [0.717, 1.165) is 32.1 Å². The minimum atomic E-state index is -0.681. The zero-order valence-electron chi connectivity index (χ0n) is 24.4. The van der Waals surface area contributed by atoms with Crippen molar-refractivity contribution in [2.75, 3.05) is 38.7 Å². The molecular weight excluding hydrogens is 563 g/mol. The summed E-state index contributed by atoms with van der Waals surface area (Å²) in [5, 5.41) is 16.1. The van der Waals surface area contributed by atoms with Gasteiger partial charge in [0.2, 0.25) is 0 Å². The van der Waals surface area contributed by atoms with Crippen molar-refractivity contribution in [1.29, 1.82) is 5.26 Å². The van der Waals surface area contributed by atoms with Crippen molar-refractivity contribution in [2.45, 2.75) is 25.7 Å². The van der Waals surface area contributed by atoms with E-state index >= 15 is 4.39 Å². The molecule has 0 bridgehead atoms. The number of methoxy groups -OCH3 is 1. The second-order valence-electron chi connectivity index (χ2n) is 10.2. The van der Waals surface area contributed by atoms with E-state index < -0.39 is 11.8 Å². The number of hydrogen-bond acceptors (Lipinski definition) is 8. The molecule has 226 valence electrons. The predicted octanol–water partition coefficient (Wildman–Crippen LogP) is 6.46. The number of rotatable bonds is 11. The summed E-state index contributed by atoms with van der Waals surface area (Å²) in [6.45, 7) is 3.86. The number of piperidine rings is 1. The van der Waals surface area contributed by atoms with Gasteiger partial charge >= 0.3 is 6.03 Å². The normalized spacial score (nSPS) is 13.4. The molecule has 10 nitrogen and oxygen atoms in total. The number of hydrazone groups is 1. The first kappa shape index (κ1) is 30.3. The van der Waals surface area contributed by atoms with E-state index in [1.165, 1.54) is 37.6 Å². The van der Waals surface area contributed by atoms with E-state index in [1.54, 1.807) is 55.8 Å². The highest BCUT2D eigenvalue weighted by molar-refractivity contribution is 5.91. The Labute approximate surface area is 255 Å². The average molecular weight is 597 g/mol. The lowest BCUT2D eigenvalue weighted by atomic mass is 10.1. The highest BCUT2D eigenvalue weighted by Gasteiger charge is 2.15. The molecule has 2 N–H and O–H groups in total. The van der Waals surface area contributed by atoms with Crippen molar-refractivity contribution >= 4 is 28.8 Å². The lowest BCUT2D eigenvalue weighted by molar-refractivity contribution is 0.203. The van der Waals surface area contributed by atoms with E-state index in [2.05, 4.69) is 25.7 Å².